The van der Waals surface area contributed by atoms with Crippen molar-refractivity contribution in [1.82, 2.24) is 9.36 Å². The lowest BCUT2D eigenvalue weighted by molar-refractivity contribution is -0.384. The Kier molecular flexibility index (Phi) is 4.29. The number of non-ortho nitro benzene ring substituents is 1. The van der Waals surface area contributed by atoms with Gasteiger partial charge in [-0.2, -0.15) is 9.36 Å². The minimum Gasteiger partial charge on any atom is -0.360 e. The first-order chi connectivity index (χ1) is 9.47. The van der Waals surface area contributed by atoms with Crippen LogP contribution in [0.4, 0.5) is 10.8 Å². The van der Waals surface area contributed by atoms with Crippen LogP contribution in [0, 0.1) is 23.0 Å². The minimum atomic E-state index is -0.409. The van der Waals surface area contributed by atoms with E-state index in [-0.39, 0.29) is 5.69 Å². The van der Waals surface area contributed by atoms with Crippen molar-refractivity contribution >= 4 is 22.4 Å². The molecular formula is C13H16N4O2S. The average Bonchev–Trinajstić information content (AvgIpc) is 2.85. The van der Waals surface area contributed by atoms with E-state index >= 15 is 0 Å². The largest absolute Gasteiger partial charge is 0.360 e. The summed E-state index contributed by atoms with van der Waals surface area (Å²) in [6.07, 6.45) is 0. The summed E-state index contributed by atoms with van der Waals surface area (Å²) in [7, 11) is 0. The molecule has 0 atom stereocenters. The van der Waals surface area contributed by atoms with E-state index in [1.807, 2.05) is 6.92 Å². The van der Waals surface area contributed by atoms with E-state index in [0.717, 1.165) is 17.2 Å². The van der Waals surface area contributed by atoms with Crippen LogP contribution in [-0.2, 0) is 0 Å². The number of hydrogen-bond acceptors (Lipinski definition) is 6. The Labute approximate surface area is 121 Å². The van der Waals surface area contributed by atoms with Crippen LogP contribution in [0.25, 0.3) is 11.4 Å². The fourth-order valence-corrected chi connectivity index (χ4v) is 2.25. The topological polar surface area (TPSA) is 81.0 Å². The van der Waals surface area contributed by atoms with Crippen LogP contribution >= 0.6 is 11.5 Å². The van der Waals surface area contributed by atoms with Gasteiger partial charge in [-0.25, -0.2) is 0 Å². The second kappa shape index (κ2) is 5.96. The SMILES string of the molecule is Cc1ccc([N+](=O)[O-])cc1-c1nsc(NCC(C)C)n1. The number of aromatic nitrogens is 2. The highest BCUT2D eigenvalue weighted by Gasteiger charge is 2.14. The lowest BCUT2D eigenvalue weighted by atomic mass is 10.1. The highest BCUT2D eigenvalue weighted by atomic mass is 32.1. The summed E-state index contributed by atoms with van der Waals surface area (Å²) in [5, 5.41) is 14.8. The van der Waals surface area contributed by atoms with E-state index in [2.05, 4.69) is 28.5 Å². The molecule has 7 heteroatoms. The normalized spacial score (nSPS) is 10.8. The summed E-state index contributed by atoms with van der Waals surface area (Å²) in [6, 6.07) is 4.72. The van der Waals surface area contributed by atoms with Crippen molar-refractivity contribution in [1.29, 1.82) is 0 Å². The maximum Gasteiger partial charge on any atom is 0.270 e. The van der Waals surface area contributed by atoms with Gasteiger partial charge in [0.05, 0.1) is 4.92 Å². The number of rotatable bonds is 5. The fourth-order valence-electron chi connectivity index (χ4n) is 1.66. The van der Waals surface area contributed by atoms with Crippen LogP contribution in [0.15, 0.2) is 18.2 Å². The Morgan fingerprint density at radius 3 is 2.85 bits per heavy atom. The Balaban J connectivity index is 2.27. The van der Waals surface area contributed by atoms with Crippen molar-refractivity contribution in [2.75, 3.05) is 11.9 Å². The second-order valence-corrected chi connectivity index (χ2v) is 5.71. The van der Waals surface area contributed by atoms with E-state index in [0.29, 0.717) is 17.3 Å². The number of nitrogens with zero attached hydrogens (tertiary/aromatic N) is 3. The molecule has 0 saturated heterocycles. The van der Waals surface area contributed by atoms with Crippen LogP contribution in [0.1, 0.15) is 19.4 Å². The zero-order chi connectivity index (χ0) is 14.7. The quantitative estimate of drug-likeness (QED) is 0.674. The van der Waals surface area contributed by atoms with Crippen LogP contribution in [0.2, 0.25) is 0 Å². The first-order valence-corrected chi connectivity index (χ1v) is 7.07. The summed E-state index contributed by atoms with van der Waals surface area (Å²) < 4.78 is 4.27. The summed E-state index contributed by atoms with van der Waals surface area (Å²) in [5.74, 6) is 1.05. The molecule has 0 saturated carbocycles. The van der Waals surface area contributed by atoms with Crippen LogP contribution in [0.5, 0.6) is 0 Å². The number of anilines is 1. The molecule has 0 fully saturated rings. The molecule has 106 valence electrons. The third-order valence-corrected chi connectivity index (χ3v) is 3.43. The van der Waals surface area contributed by atoms with Crippen molar-refractivity contribution in [3.05, 3.63) is 33.9 Å². The van der Waals surface area contributed by atoms with Gasteiger partial charge >= 0.3 is 0 Å². The Morgan fingerprint density at radius 2 is 2.20 bits per heavy atom. The highest BCUT2D eigenvalue weighted by molar-refractivity contribution is 7.09. The smallest absolute Gasteiger partial charge is 0.270 e. The molecule has 0 amide bonds. The summed E-state index contributed by atoms with van der Waals surface area (Å²) in [5.41, 5.74) is 1.67. The lowest BCUT2D eigenvalue weighted by Crippen LogP contribution is -2.07. The Hall–Kier alpha value is -2.02. The maximum absolute atomic E-state index is 10.8. The number of benzene rings is 1. The molecule has 1 heterocycles. The van der Waals surface area contributed by atoms with Crippen molar-refractivity contribution in [2.45, 2.75) is 20.8 Å². The predicted molar refractivity (Wildman–Crippen MR) is 80.1 cm³/mol. The van der Waals surface area contributed by atoms with Gasteiger partial charge in [-0.3, -0.25) is 10.1 Å². The molecule has 20 heavy (non-hydrogen) atoms. The van der Waals surface area contributed by atoms with Crippen molar-refractivity contribution < 1.29 is 4.92 Å². The van der Waals surface area contributed by atoms with Crippen LogP contribution < -0.4 is 5.32 Å². The molecule has 0 bridgehead atoms. The predicted octanol–water partition coefficient (Wildman–Crippen LogP) is 3.49. The number of nitrogens with one attached hydrogen (secondary N) is 1. The van der Waals surface area contributed by atoms with E-state index in [4.69, 9.17) is 0 Å². The van der Waals surface area contributed by atoms with Gasteiger partial charge in [0.1, 0.15) is 0 Å². The van der Waals surface area contributed by atoms with Crippen molar-refractivity contribution in [3.8, 4) is 11.4 Å². The number of nitro groups is 1. The molecular weight excluding hydrogens is 276 g/mol. The van der Waals surface area contributed by atoms with Gasteiger partial charge in [0.15, 0.2) is 5.82 Å². The maximum atomic E-state index is 10.8. The number of hydrogen-bond donors (Lipinski definition) is 1. The number of aryl methyl sites for hydroxylation is 1. The van der Waals surface area contributed by atoms with Crippen molar-refractivity contribution in [2.24, 2.45) is 5.92 Å². The van der Waals surface area contributed by atoms with Crippen LogP contribution in [0.3, 0.4) is 0 Å². The molecule has 6 nitrogen and oxygen atoms in total. The standard InChI is InChI=1S/C13H16N4O2S/c1-8(2)7-14-13-15-12(16-20-13)11-6-10(17(18)19)5-4-9(11)3/h4-6,8H,7H2,1-3H3,(H,14,15,16). The molecule has 1 aromatic heterocycles. The molecule has 1 N–H and O–H groups in total. The molecule has 2 aromatic rings. The Bertz CT molecular complexity index is 625. The average molecular weight is 292 g/mol. The van der Waals surface area contributed by atoms with E-state index < -0.39 is 4.92 Å². The fraction of sp³-hybridized carbons (Fsp3) is 0.385. The van der Waals surface area contributed by atoms with Gasteiger partial charge in [-0.15, -0.1) is 0 Å². The first kappa shape index (κ1) is 14.4. The van der Waals surface area contributed by atoms with E-state index in [9.17, 15) is 10.1 Å². The third-order valence-electron chi connectivity index (χ3n) is 2.76. The molecule has 0 aliphatic rings. The van der Waals surface area contributed by atoms with Crippen LogP contribution in [-0.4, -0.2) is 20.8 Å². The first-order valence-electron chi connectivity index (χ1n) is 6.30. The molecule has 0 unspecified atom stereocenters. The summed E-state index contributed by atoms with van der Waals surface area (Å²) >= 11 is 1.27. The third kappa shape index (κ3) is 3.30. The molecule has 0 aliphatic heterocycles. The van der Waals surface area contributed by atoms with E-state index in [1.165, 1.54) is 23.7 Å². The second-order valence-electron chi connectivity index (χ2n) is 4.95. The van der Waals surface area contributed by atoms with Gasteiger partial charge < -0.3 is 5.32 Å². The molecule has 0 aliphatic carbocycles. The summed E-state index contributed by atoms with van der Waals surface area (Å²) in [4.78, 5) is 14.8. The highest BCUT2D eigenvalue weighted by Crippen LogP contribution is 2.27. The molecule has 2 rings (SSSR count). The van der Waals surface area contributed by atoms with Gasteiger partial charge in [0.2, 0.25) is 5.13 Å². The monoisotopic (exact) mass is 292 g/mol. The number of nitro benzene ring substituents is 1. The minimum absolute atomic E-state index is 0.0529. The van der Waals surface area contributed by atoms with E-state index in [1.54, 1.807) is 6.07 Å². The van der Waals surface area contributed by atoms with Gasteiger partial charge in [0.25, 0.3) is 5.69 Å². The summed E-state index contributed by atoms with van der Waals surface area (Å²) in [6.45, 7) is 6.93. The lowest BCUT2D eigenvalue weighted by Gasteiger charge is -2.04. The molecule has 1 aromatic carbocycles. The zero-order valence-electron chi connectivity index (χ0n) is 11.6. The Morgan fingerprint density at radius 1 is 1.45 bits per heavy atom. The zero-order valence-corrected chi connectivity index (χ0v) is 12.4. The van der Waals surface area contributed by atoms with Gasteiger partial charge in [-0.05, 0) is 18.4 Å². The van der Waals surface area contributed by atoms with Gasteiger partial charge in [0, 0.05) is 35.8 Å². The molecule has 0 spiro atoms. The van der Waals surface area contributed by atoms with Gasteiger partial charge in [-0.1, -0.05) is 19.9 Å². The van der Waals surface area contributed by atoms with Crippen molar-refractivity contribution in [3.63, 3.8) is 0 Å². The molecule has 0 radical (unpaired) electrons.